The van der Waals surface area contributed by atoms with Crippen molar-refractivity contribution in [3.05, 3.63) is 0 Å². The van der Waals surface area contributed by atoms with E-state index < -0.39 is 5.60 Å². The third kappa shape index (κ3) is 9.87. The molecule has 3 N–H and O–H groups in total. The van der Waals surface area contributed by atoms with Crippen LogP contribution in [-0.4, -0.2) is 61.3 Å². The van der Waals surface area contributed by atoms with Crippen LogP contribution in [0, 0.1) is 5.92 Å². The van der Waals surface area contributed by atoms with Gasteiger partial charge in [0.15, 0.2) is 0 Å². The minimum atomic E-state index is -0.837. The minimum Gasteiger partial charge on any atom is -0.388 e. The Kier molecular flexibility index (Phi) is 8.22. The Balaban J connectivity index is 3.95. The number of hydrogen-bond donors (Lipinski definition) is 3. The third-order valence-electron chi connectivity index (χ3n) is 2.86. The predicted octanol–water partition coefficient (Wildman–Crippen LogP) is 0.439. The Bertz CT molecular complexity index is 265. The van der Waals surface area contributed by atoms with Crippen LogP contribution < -0.4 is 10.6 Å². The van der Waals surface area contributed by atoms with E-state index in [1.165, 1.54) is 0 Å². The summed E-state index contributed by atoms with van der Waals surface area (Å²) in [6.45, 7) is 9.50. The first kappa shape index (κ1) is 18.4. The Labute approximate surface area is 117 Å². The van der Waals surface area contributed by atoms with E-state index in [1.54, 1.807) is 6.92 Å². The molecule has 0 aromatic carbocycles. The van der Waals surface area contributed by atoms with Gasteiger partial charge in [-0.25, -0.2) is 0 Å². The summed E-state index contributed by atoms with van der Waals surface area (Å²) < 4.78 is 0. The number of carbonyl (C=O) groups excluding carboxylic acids is 1. The smallest absolute Gasteiger partial charge is 0.236 e. The van der Waals surface area contributed by atoms with Crippen LogP contribution in [0.2, 0.25) is 0 Å². The quantitative estimate of drug-likeness (QED) is 0.570. The Morgan fingerprint density at radius 3 is 2.37 bits per heavy atom. The van der Waals surface area contributed by atoms with E-state index in [2.05, 4.69) is 24.5 Å². The molecule has 0 heterocycles. The molecule has 5 nitrogen and oxygen atoms in total. The van der Waals surface area contributed by atoms with Crippen LogP contribution in [0.1, 0.15) is 34.1 Å². The van der Waals surface area contributed by atoms with Gasteiger partial charge in [0.05, 0.1) is 11.6 Å². The second-order valence-electron chi connectivity index (χ2n) is 6.31. The summed E-state index contributed by atoms with van der Waals surface area (Å²) >= 11 is 0. The van der Waals surface area contributed by atoms with Crippen LogP contribution in [-0.2, 0) is 4.79 Å². The molecule has 114 valence electrons. The fourth-order valence-corrected chi connectivity index (χ4v) is 1.84. The van der Waals surface area contributed by atoms with Crippen molar-refractivity contribution in [3.8, 4) is 0 Å². The van der Waals surface area contributed by atoms with Gasteiger partial charge in [-0.05, 0) is 40.3 Å². The minimum absolute atomic E-state index is 0.0127. The highest BCUT2D eigenvalue weighted by Gasteiger charge is 2.23. The van der Waals surface area contributed by atoms with Crippen molar-refractivity contribution in [1.82, 2.24) is 15.5 Å². The molecule has 0 aliphatic rings. The average molecular weight is 273 g/mol. The predicted molar refractivity (Wildman–Crippen MR) is 79.1 cm³/mol. The van der Waals surface area contributed by atoms with Crippen LogP contribution in [0.5, 0.6) is 0 Å². The van der Waals surface area contributed by atoms with Crippen LogP contribution in [0.15, 0.2) is 0 Å². The summed E-state index contributed by atoms with van der Waals surface area (Å²) in [5, 5.41) is 16.1. The molecule has 2 atom stereocenters. The van der Waals surface area contributed by atoms with E-state index in [1.807, 2.05) is 25.9 Å². The normalized spacial score (nSPS) is 16.5. The van der Waals surface area contributed by atoms with Gasteiger partial charge >= 0.3 is 0 Å². The molecule has 0 bridgehead atoms. The lowest BCUT2D eigenvalue weighted by atomic mass is 10.1. The lowest BCUT2D eigenvalue weighted by molar-refractivity contribution is -0.123. The van der Waals surface area contributed by atoms with E-state index >= 15 is 0 Å². The molecular formula is C14H31N3O2. The Hall–Kier alpha value is -0.650. The fraction of sp³-hybridized carbons (Fsp3) is 0.929. The van der Waals surface area contributed by atoms with Gasteiger partial charge in [-0.15, -0.1) is 0 Å². The van der Waals surface area contributed by atoms with Crippen molar-refractivity contribution in [2.75, 3.05) is 33.7 Å². The number of likely N-dealkylation sites (N-methyl/N-ethyl adjacent to an activating group) is 1. The van der Waals surface area contributed by atoms with Crippen molar-refractivity contribution in [3.63, 3.8) is 0 Å². The largest absolute Gasteiger partial charge is 0.388 e. The maximum atomic E-state index is 11.8. The molecule has 2 unspecified atom stereocenters. The number of aliphatic hydroxyl groups is 1. The molecule has 0 aliphatic heterocycles. The SMILES string of the molecule is CC(C)CCNC(=O)C(C)NCC(C)(O)CN(C)C. The summed E-state index contributed by atoms with van der Waals surface area (Å²) in [6, 6.07) is -0.291. The summed E-state index contributed by atoms with van der Waals surface area (Å²) in [5.41, 5.74) is -0.837. The van der Waals surface area contributed by atoms with Crippen LogP contribution in [0.3, 0.4) is 0 Å². The molecular weight excluding hydrogens is 242 g/mol. The second kappa shape index (κ2) is 8.51. The molecule has 19 heavy (non-hydrogen) atoms. The number of rotatable bonds is 9. The van der Waals surface area contributed by atoms with Crippen molar-refractivity contribution < 1.29 is 9.90 Å². The van der Waals surface area contributed by atoms with Gasteiger partial charge in [0.25, 0.3) is 0 Å². The molecule has 0 saturated heterocycles. The van der Waals surface area contributed by atoms with Gasteiger partial charge in [0.1, 0.15) is 0 Å². The zero-order chi connectivity index (χ0) is 15.1. The van der Waals surface area contributed by atoms with Gasteiger partial charge in [-0.1, -0.05) is 13.8 Å². The van der Waals surface area contributed by atoms with E-state index in [-0.39, 0.29) is 11.9 Å². The van der Waals surface area contributed by atoms with Crippen LogP contribution >= 0.6 is 0 Å². The lowest BCUT2D eigenvalue weighted by Crippen LogP contribution is -2.51. The molecule has 0 rings (SSSR count). The fourth-order valence-electron chi connectivity index (χ4n) is 1.84. The second-order valence-corrected chi connectivity index (χ2v) is 6.31. The van der Waals surface area contributed by atoms with Crippen molar-refractivity contribution in [1.29, 1.82) is 0 Å². The van der Waals surface area contributed by atoms with Gasteiger partial charge in [-0.2, -0.15) is 0 Å². The number of nitrogens with one attached hydrogen (secondary N) is 2. The standard InChI is InChI=1S/C14H31N3O2/c1-11(2)7-8-15-13(18)12(3)16-9-14(4,19)10-17(5)6/h11-12,16,19H,7-10H2,1-6H3,(H,15,18). The average Bonchev–Trinajstić information content (AvgIpc) is 2.23. The molecule has 0 fully saturated rings. The monoisotopic (exact) mass is 273 g/mol. The van der Waals surface area contributed by atoms with E-state index in [0.717, 1.165) is 6.42 Å². The molecule has 0 aromatic heterocycles. The first-order valence-corrected chi connectivity index (χ1v) is 7.02. The van der Waals surface area contributed by atoms with Gasteiger partial charge in [0.2, 0.25) is 5.91 Å². The first-order chi connectivity index (χ1) is 8.64. The van der Waals surface area contributed by atoms with Gasteiger partial charge < -0.3 is 20.6 Å². The topological polar surface area (TPSA) is 64.6 Å². The van der Waals surface area contributed by atoms with Crippen LogP contribution in [0.25, 0.3) is 0 Å². The molecule has 1 amide bonds. The van der Waals surface area contributed by atoms with E-state index in [9.17, 15) is 9.90 Å². The molecule has 0 aliphatic carbocycles. The Morgan fingerprint density at radius 2 is 1.89 bits per heavy atom. The highest BCUT2D eigenvalue weighted by molar-refractivity contribution is 5.81. The summed E-state index contributed by atoms with van der Waals surface area (Å²) in [6.07, 6.45) is 0.983. The van der Waals surface area contributed by atoms with Crippen molar-refractivity contribution in [2.45, 2.75) is 45.8 Å². The number of amides is 1. The van der Waals surface area contributed by atoms with Crippen molar-refractivity contribution in [2.24, 2.45) is 5.92 Å². The molecule has 5 heteroatoms. The number of carbonyl (C=O) groups is 1. The molecule has 0 aromatic rings. The Morgan fingerprint density at radius 1 is 1.32 bits per heavy atom. The number of nitrogens with zero attached hydrogens (tertiary/aromatic N) is 1. The summed E-state index contributed by atoms with van der Waals surface area (Å²) in [7, 11) is 3.83. The maximum Gasteiger partial charge on any atom is 0.236 e. The molecule has 0 saturated carbocycles. The van der Waals surface area contributed by atoms with Gasteiger partial charge in [-0.3, -0.25) is 4.79 Å². The van der Waals surface area contributed by atoms with E-state index in [0.29, 0.717) is 25.6 Å². The van der Waals surface area contributed by atoms with E-state index in [4.69, 9.17) is 0 Å². The van der Waals surface area contributed by atoms with Crippen LogP contribution in [0.4, 0.5) is 0 Å². The first-order valence-electron chi connectivity index (χ1n) is 7.02. The van der Waals surface area contributed by atoms with Crippen molar-refractivity contribution >= 4 is 5.91 Å². The highest BCUT2D eigenvalue weighted by Crippen LogP contribution is 2.03. The lowest BCUT2D eigenvalue weighted by Gasteiger charge is -2.28. The summed E-state index contributed by atoms with van der Waals surface area (Å²) in [5.74, 6) is 0.575. The zero-order valence-electron chi connectivity index (χ0n) is 13.3. The van der Waals surface area contributed by atoms with Gasteiger partial charge in [0, 0.05) is 19.6 Å². The number of hydrogen-bond acceptors (Lipinski definition) is 4. The third-order valence-corrected chi connectivity index (χ3v) is 2.86. The summed E-state index contributed by atoms with van der Waals surface area (Å²) in [4.78, 5) is 13.7. The molecule has 0 spiro atoms. The zero-order valence-corrected chi connectivity index (χ0v) is 13.3. The molecule has 0 radical (unpaired) electrons. The highest BCUT2D eigenvalue weighted by atomic mass is 16.3. The maximum absolute atomic E-state index is 11.8.